The number of para-hydroxylation sites is 1. The van der Waals surface area contributed by atoms with Crippen molar-refractivity contribution in [1.29, 1.82) is 0 Å². The van der Waals surface area contributed by atoms with Crippen molar-refractivity contribution in [2.75, 3.05) is 23.8 Å². The van der Waals surface area contributed by atoms with Gasteiger partial charge in [0.25, 0.3) is 10.0 Å². The topological polar surface area (TPSA) is 103 Å². The van der Waals surface area contributed by atoms with Gasteiger partial charge < -0.3 is 15.7 Å². The number of nitrogens with zero attached hydrogens (tertiary/aromatic N) is 1. The summed E-state index contributed by atoms with van der Waals surface area (Å²) in [5, 5.41) is 17.4. The number of hydrazine groups is 1. The van der Waals surface area contributed by atoms with E-state index in [4.69, 9.17) is 28.7 Å². The van der Waals surface area contributed by atoms with Crippen LogP contribution in [0.25, 0.3) is 0 Å². The van der Waals surface area contributed by atoms with Crippen molar-refractivity contribution in [3.8, 4) is 5.75 Å². The number of hydrogen-bond donors (Lipinski definition) is 4. The SMILES string of the molecule is O=S(=O)(NN1CCCO1)c1c(Cl)ccc(NC(=S)Nc2ccccc2Br)c1O. The van der Waals surface area contributed by atoms with E-state index in [9.17, 15) is 13.5 Å². The van der Waals surface area contributed by atoms with Gasteiger partial charge in [0, 0.05) is 11.0 Å². The zero-order valence-electron chi connectivity index (χ0n) is 14.3. The minimum atomic E-state index is -4.17. The lowest BCUT2D eigenvalue weighted by molar-refractivity contribution is -0.129. The number of hydroxylamine groups is 1. The maximum Gasteiger partial charge on any atom is 0.260 e. The Balaban J connectivity index is 1.82. The summed E-state index contributed by atoms with van der Waals surface area (Å²) >= 11 is 14.7. The average molecular weight is 508 g/mol. The highest BCUT2D eigenvalue weighted by Crippen LogP contribution is 2.37. The Morgan fingerprint density at radius 1 is 1.21 bits per heavy atom. The summed E-state index contributed by atoms with van der Waals surface area (Å²) in [6, 6.07) is 10.1. The molecule has 12 heteroatoms. The molecule has 0 saturated carbocycles. The molecule has 0 radical (unpaired) electrons. The number of aromatic hydroxyl groups is 1. The summed E-state index contributed by atoms with van der Waals surface area (Å²) in [5.74, 6) is -0.560. The molecule has 1 fully saturated rings. The first kappa shape index (κ1) is 21.2. The molecule has 0 unspecified atom stereocenters. The van der Waals surface area contributed by atoms with E-state index in [1.807, 2.05) is 18.2 Å². The molecular formula is C16H16BrClN4O4S2. The molecular weight excluding hydrogens is 492 g/mol. The Morgan fingerprint density at radius 2 is 1.93 bits per heavy atom. The zero-order valence-corrected chi connectivity index (χ0v) is 18.3. The van der Waals surface area contributed by atoms with Crippen LogP contribution < -0.4 is 15.5 Å². The van der Waals surface area contributed by atoms with E-state index in [-0.39, 0.29) is 15.8 Å². The first-order chi connectivity index (χ1) is 13.3. The van der Waals surface area contributed by atoms with Crippen molar-refractivity contribution in [2.45, 2.75) is 11.3 Å². The quantitative estimate of drug-likeness (QED) is 0.360. The summed E-state index contributed by atoms with van der Waals surface area (Å²) in [6.07, 6.45) is 0.679. The second-order valence-electron chi connectivity index (χ2n) is 5.72. The third-order valence-corrected chi connectivity index (χ3v) is 6.41. The molecule has 0 aromatic heterocycles. The first-order valence-electron chi connectivity index (χ1n) is 8.05. The third-order valence-electron chi connectivity index (χ3n) is 3.70. The molecule has 28 heavy (non-hydrogen) atoms. The Labute approximate surface area is 180 Å². The van der Waals surface area contributed by atoms with Gasteiger partial charge in [0.15, 0.2) is 10.9 Å². The minimum Gasteiger partial charge on any atom is -0.504 e. The van der Waals surface area contributed by atoms with E-state index < -0.39 is 20.7 Å². The second kappa shape index (κ2) is 8.91. The summed E-state index contributed by atoms with van der Waals surface area (Å²) in [6.45, 7) is 0.786. The largest absolute Gasteiger partial charge is 0.504 e. The Hall–Kier alpha value is -1.47. The Kier molecular flexibility index (Phi) is 6.76. The fraction of sp³-hybridized carbons (Fsp3) is 0.188. The second-order valence-corrected chi connectivity index (χ2v) is 8.98. The van der Waals surface area contributed by atoms with Crippen LogP contribution in [0.5, 0.6) is 5.75 Å². The van der Waals surface area contributed by atoms with E-state index in [0.29, 0.717) is 25.3 Å². The van der Waals surface area contributed by atoms with Gasteiger partial charge in [-0.3, -0.25) is 4.84 Å². The van der Waals surface area contributed by atoms with Gasteiger partial charge in [0.1, 0.15) is 4.90 Å². The van der Waals surface area contributed by atoms with Gasteiger partial charge in [-0.25, -0.2) is 8.42 Å². The van der Waals surface area contributed by atoms with Crippen molar-refractivity contribution >= 4 is 66.3 Å². The van der Waals surface area contributed by atoms with Gasteiger partial charge in [0.05, 0.1) is 23.0 Å². The molecule has 3 rings (SSSR count). The van der Waals surface area contributed by atoms with Crippen molar-refractivity contribution in [2.24, 2.45) is 0 Å². The molecule has 150 valence electrons. The fourth-order valence-corrected chi connectivity index (χ4v) is 4.69. The lowest BCUT2D eigenvalue weighted by atomic mass is 10.3. The van der Waals surface area contributed by atoms with Crippen molar-refractivity contribution in [3.63, 3.8) is 0 Å². The van der Waals surface area contributed by atoms with E-state index in [0.717, 1.165) is 9.64 Å². The van der Waals surface area contributed by atoms with Crippen LogP contribution in [-0.2, 0) is 14.9 Å². The van der Waals surface area contributed by atoms with Crippen molar-refractivity contribution in [3.05, 3.63) is 45.9 Å². The van der Waals surface area contributed by atoms with E-state index in [2.05, 4.69) is 31.4 Å². The molecule has 0 spiro atoms. The summed E-state index contributed by atoms with van der Waals surface area (Å²) in [4.78, 5) is 6.89. The molecule has 0 amide bonds. The summed E-state index contributed by atoms with van der Waals surface area (Å²) in [5.41, 5.74) is 0.783. The van der Waals surface area contributed by atoms with Gasteiger partial charge in [-0.15, -0.1) is 10.0 Å². The van der Waals surface area contributed by atoms with Crippen LogP contribution in [0.3, 0.4) is 0 Å². The zero-order chi connectivity index (χ0) is 20.3. The molecule has 0 aliphatic carbocycles. The van der Waals surface area contributed by atoms with Gasteiger partial charge in [0.2, 0.25) is 0 Å². The van der Waals surface area contributed by atoms with E-state index >= 15 is 0 Å². The number of anilines is 2. The van der Waals surface area contributed by atoms with Crippen LogP contribution in [0.15, 0.2) is 45.8 Å². The van der Waals surface area contributed by atoms with Crippen LogP contribution in [0, 0.1) is 0 Å². The Bertz CT molecular complexity index is 1000. The molecule has 1 saturated heterocycles. The number of benzene rings is 2. The molecule has 4 N–H and O–H groups in total. The number of phenols is 1. The predicted molar refractivity (Wildman–Crippen MR) is 115 cm³/mol. The maximum absolute atomic E-state index is 12.6. The van der Waals surface area contributed by atoms with E-state index in [1.165, 1.54) is 12.1 Å². The van der Waals surface area contributed by atoms with Crippen LogP contribution in [0.4, 0.5) is 11.4 Å². The molecule has 1 heterocycles. The monoisotopic (exact) mass is 506 g/mol. The fourth-order valence-electron chi connectivity index (χ4n) is 2.44. The highest BCUT2D eigenvalue weighted by molar-refractivity contribution is 9.10. The standard InChI is InChI=1S/C16H16BrClN4O4S2/c17-10-4-1-2-5-12(10)19-16(27)20-13-7-6-11(18)15(14(13)23)28(24,25)21-22-8-3-9-26-22/h1-2,4-7,21,23H,3,8-9H2,(H2,19,20,27). The van der Waals surface area contributed by atoms with Crippen LogP contribution in [0.1, 0.15) is 6.42 Å². The van der Waals surface area contributed by atoms with E-state index in [1.54, 1.807) is 6.07 Å². The molecule has 1 aliphatic heterocycles. The van der Waals surface area contributed by atoms with Gasteiger partial charge in [-0.05, 0) is 58.8 Å². The van der Waals surface area contributed by atoms with Crippen LogP contribution in [-0.4, -0.2) is 37.0 Å². The third kappa shape index (κ3) is 4.92. The number of halogens is 2. The molecule has 2 aromatic rings. The summed E-state index contributed by atoms with van der Waals surface area (Å²) < 4.78 is 26.1. The lowest BCUT2D eigenvalue weighted by Crippen LogP contribution is -2.39. The Morgan fingerprint density at radius 3 is 2.61 bits per heavy atom. The molecule has 8 nitrogen and oxygen atoms in total. The van der Waals surface area contributed by atoms with Crippen LogP contribution >= 0.6 is 39.7 Å². The minimum absolute atomic E-state index is 0.0802. The molecule has 0 bridgehead atoms. The van der Waals surface area contributed by atoms with Gasteiger partial charge >= 0.3 is 0 Å². The highest BCUT2D eigenvalue weighted by Gasteiger charge is 2.28. The smallest absolute Gasteiger partial charge is 0.260 e. The number of phenolic OH excluding ortho intramolecular Hbond substituents is 1. The highest BCUT2D eigenvalue weighted by atomic mass is 79.9. The normalized spacial score (nSPS) is 14.8. The van der Waals surface area contributed by atoms with Gasteiger partial charge in [-0.2, -0.15) is 0 Å². The predicted octanol–water partition coefficient (Wildman–Crippen LogP) is 3.45. The molecule has 2 aromatic carbocycles. The lowest BCUT2D eigenvalue weighted by Gasteiger charge is -2.18. The summed E-state index contributed by atoms with van der Waals surface area (Å²) in [7, 11) is -4.17. The number of rotatable bonds is 5. The molecule has 0 atom stereocenters. The molecule has 1 aliphatic rings. The van der Waals surface area contributed by atoms with Crippen molar-refractivity contribution in [1.82, 2.24) is 10.0 Å². The van der Waals surface area contributed by atoms with Gasteiger partial charge in [-0.1, -0.05) is 23.7 Å². The average Bonchev–Trinajstić information content (AvgIpc) is 3.11. The first-order valence-corrected chi connectivity index (χ1v) is 11.1. The number of sulfonamides is 1. The number of hydrogen-bond acceptors (Lipinski definition) is 6. The maximum atomic E-state index is 12.6. The van der Waals surface area contributed by atoms with Crippen LogP contribution in [0.2, 0.25) is 5.02 Å². The van der Waals surface area contributed by atoms with Crippen molar-refractivity contribution < 1.29 is 18.4 Å². The number of nitrogens with one attached hydrogen (secondary N) is 3. The number of thiocarbonyl (C=S) groups is 1.